The average molecular weight is 282 g/mol. The maximum atomic E-state index is 12.9. The minimum Gasteiger partial charge on any atom is -0.392 e. The third-order valence-electron chi connectivity index (χ3n) is 4.91. The lowest BCUT2D eigenvalue weighted by atomic mass is 9.78. The summed E-state index contributed by atoms with van der Waals surface area (Å²) in [5, 5.41) is 0. The van der Waals surface area contributed by atoms with Gasteiger partial charge in [0.15, 0.2) is 0 Å². The highest BCUT2D eigenvalue weighted by Crippen LogP contribution is 2.38. The van der Waals surface area contributed by atoms with Crippen LogP contribution in [0.4, 0.5) is 0 Å². The van der Waals surface area contributed by atoms with Gasteiger partial charge in [-0.05, 0) is 31.6 Å². The molecule has 0 atom stereocenters. The summed E-state index contributed by atoms with van der Waals surface area (Å²) in [5.41, 5.74) is 5.46. The number of hydrogen-bond acceptors (Lipinski definition) is 2. The molecule has 4 heteroatoms. The molecule has 19 heavy (non-hydrogen) atoms. The van der Waals surface area contributed by atoms with E-state index in [-0.39, 0.29) is 5.91 Å². The van der Waals surface area contributed by atoms with Gasteiger partial charge in [-0.15, -0.1) is 0 Å². The maximum absolute atomic E-state index is 12.9. The van der Waals surface area contributed by atoms with Gasteiger partial charge >= 0.3 is 0 Å². The number of piperidine rings is 1. The lowest BCUT2D eigenvalue weighted by Crippen LogP contribution is -2.52. The fourth-order valence-corrected chi connectivity index (χ4v) is 3.70. The van der Waals surface area contributed by atoms with Crippen LogP contribution in [0.1, 0.15) is 58.3 Å². The first-order valence-corrected chi connectivity index (χ1v) is 8.06. The summed E-state index contributed by atoms with van der Waals surface area (Å²) in [5.74, 6) is 0.952. The number of hydrogen-bond donors (Lipinski definition) is 1. The molecule has 0 radical (unpaired) electrons. The lowest BCUT2D eigenvalue weighted by molar-refractivity contribution is -0.140. The van der Waals surface area contributed by atoms with Crippen molar-refractivity contribution in [1.82, 2.24) is 4.90 Å². The predicted molar refractivity (Wildman–Crippen MR) is 81.9 cm³/mol. The summed E-state index contributed by atoms with van der Waals surface area (Å²) >= 11 is 5.29. The second kappa shape index (κ2) is 6.21. The molecule has 2 fully saturated rings. The molecule has 3 nitrogen and oxygen atoms in total. The van der Waals surface area contributed by atoms with Crippen LogP contribution in [0.3, 0.4) is 0 Å². The van der Waals surface area contributed by atoms with Gasteiger partial charge in [0.05, 0.1) is 10.4 Å². The van der Waals surface area contributed by atoms with E-state index in [0.29, 0.717) is 4.99 Å². The zero-order chi connectivity index (χ0) is 13.9. The van der Waals surface area contributed by atoms with Crippen molar-refractivity contribution in [3.05, 3.63) is 0 Å². The number of nitrogens with two attached hydrogens (primary N) is 1. The Kier molecular flexibility index (Phi) is 4.82. The van der Waals surface area contributed by atoms with Crippen LogP contribution in [0.25, 0.3) is 0 Å². The predicted octanol–water partition coefficient (Wildman–Crippen LogP) is 2.87. The SMILES string of the molecule is CC1CCN(C(=O)C2(C(N)=S)CCCCCC2)CC1. The van der Waals surface area contributed by atoms with Gasteiger partial charge in [0.1, 0.15) is 0 Å². The molecule has 0 bridgehead atoms. The van der Waals surface area contributed by atoms with E-state index in [4.69, 9.17) is 18.0 Å². The van der Waals surface area contributed by atoms with Gasteiger partial charge in [-0.2, -0.15) is 0 Å². The van der Waals surface area contributed by atoms with Crippen molar-refractivity contribution < 1.29 is 4.79 Å². The number of amides is 1. The van der Waals surface area contributed by atoms with E-state index in [1.54, 1.807) is 0 Å². The van der Waals surface area contributed by atoms with Crippen molar-refractivity contribution in [2.75, 3.05) is 13.1 Å². The summed E-state index contributed by atoms with van der Waals surface area (Å²) in [7, 11) is 0. The van der Waals surface area contributed by atoms with E-state index in [0.717, 1.165) is 57.5 Å². The van der Waals surface area contributed by atoms with Crippen LogP contribution in [0.15, 0.2) is 0 Å². The largest absolute Gasteiger partial charge is 0.392 e. The Morgan fingerprint density at radius 3 is 2.16 bits per heavy atom. The second-order valence-corrected chi connectivity index (χ2v) is 6.78. The average Bonchev–Trinajstić information content (AvgIpc) is 2.65. The highest BCUT2D eigenvalue weighted by molar-refractivity contribution is 7.80. The summed E-state index contributed by atoms with van der Waals surface area (Å²) in [6, 6.07) is 0. The van der Waals surface area contributed by atoms with Crippen LogP contribution in [0.5, 0.6) is 0 Å². The monoisotopic (exact) mass is 282 g/mol. The molecule has 0 aromatic rings. The first-order chi connectivity index (χ1) is 9.06. The van der Waals surface area contributed by atoms with E-state index in [1.165, 1.54) is 12.8 Å². The van der Waals surface area contributed by atoms with Gasteiger partial charge in [-0.3, -0.25) is 4.79 Å². The summed E-state index contributed by atoms with van der Waals surface area (Å²) in [4.78, 5) is 15.4. The number of carbonyl (C=O) groups is 1. The molecular weight excluding hydrogens is 256 g/mol. The summed E-state index contributed by atoms with van der Waals surface area (Å²) in [6.07, 6.45) is 8.49. The molecule has 1 heterocycles. The van der Waals surface area contributed by atoms with Gasteiger partial charge in [-0.1, -0.05) is 44.8 Å². The highest BCUT2D eigenvalue weighted by atomic mass is 32.1. The normalized spacial score (nSPS) is 24.8. The zero-order valence-corrected chi connectivity index (χ0v) is 12.8. The van der Waals surface area contributed by atoms with Gasteiger partial charge in [0.2, 0.25) is 5.91 Å². The topological polar surface area (TPSA) is 46.3 Å². The minimum atomic E-state index is -0.535. The van der Waals surface area contributed by atoms with Crippen molar-refractivity contribution >= 4 is 23.1 Å². The molecule has 0 unspecified atom stereocenters. The molecule has 0 aromatic carbocycles. The Morgan fingerprint density at radius 2 is 1.68 bits per heavy atom. The number of thiocarbonyl (C=S) groups is 1. The van der Waals surface area contributed by atoms with Crippen molar-refractivity contribution in [3.63, 3.8) is 0 Å². The molecule has 2 N–H and O–H groups in total. The Hall–Kier alpha value is -0.640. The smallest absolute Gasteiger partial charge is 0.235 e. The molecule has 108 valence electrons. The van der Waals surface area contributed by atoms with Crippen LogP contribution in [0.2, 0.25) is 0 Å². The van der Waals surface area contributed by atoms with E-state index < -0.39 is 5.41 Å². The van der Waals surface area contributed by atoms with E-state index in [1.807, 2.05) is 4.90 Å². The molecular formula is C15H26N2OS. The fraction of sp³-hybridized carbons (Fsp3) is 0.867. The number of carbonyl (C=O) groups excluding carboxylic acids is 1. The van der Waals surface area contributed by atoms with E-state index >= 15 is 0 Å². The quantitative estimate of drug-likeness (QED) is 0.626. The van der Waals surface area contributed by atoms with Gasteiger partial charge in [0.25, 0.3) is 0 Å². The van der Waals surface area contributed by atoms with Gasteiger partial charge < -0.3 is 10.6 Å². The van der Waals surface area contributed by atoms with E-state index in [9.17, 15) is 4.79 Å². The number of likely N-dealkylation sites (tertiary alicyclic amines) is 1. The molecule has 1 amide bonds. The van der Waals surface area contributed by atoms with Gasteiger partial charge in [-0.25, -0.2) is 0 Å². The molecule has 1 aliphatic heterocycles. The highest BCUT2D eigenvalue weighted by Gasteiger charge is 2.44. The Bertz CT molecular complexity index is 340. The van der Waals surface area contributed by atoms with Crippen LogP contribution in [0, 0.1) is 11.3 Å². The fourth-order valence-electron chi connectivity index (χ4n) is 3.41. The van der Waals surface area contributed by atoms with E-state index in [2.05, 4.69) is 6.92 Å². The Balaban J connectivity index is 2.13. The first kappa shape index (κ1) is 14.8. The van der Waals surface area contributed by atoms with Crippen LogP contribution in [-0.4, -0.2) is 28.9 Å². The zero-order valence-electron chi connectivity index (χ0n) is 12.0. The molecule has 2 rings (SSSR count). The van der Waals surface area contributed by atoms with Crippen molar-refractivity contribution in [3.8, 4) is 0 Å². The second-order valence-electron chi connectivity index (χ2n) is 6.34. The summed E-state index contributed by atoms with van der Waals surface area (Å²) in [6.45, 7) is 4.02. The molecule has 1 saturated carbocycles. The molecule has 1 saturated heterocycles. The van der Waals surface area contributed by atoms with Crippen LogP contribution < -0.4 is 5.73 Å². The molecule has 0 aromatic heterocycles. The molecule has 0 spiro atoms. The van der Waals surface area contributed by atoms with Crippen molar-refractivity contribution in [1.29, 1.82) is 0 Å². The molecule has 1 aliphatic carbocycles. The van der Waals surface area contributed by atoms with Crippen molar-refractivity contribution in [2.45, 2.75) is 58.3 Å². The third-order valence-corrected chi connectivity index (χ3v) is 5.30. The Labute approximate surface area is 121 Å². The maximum Gasteiger partial charge on any atom is 0.235 e. The summed E-state index contributed by atoms with van der Waals surface area (Å²) < 4.78 is 0. The minimum absolute atomic E-state index is 0.216. The third kappa shape index (κ3) is 3.10. The van der Waals surface area contributed by atoms with Crippen LogP contribution in [-0.2, 0) is 4.79 Å². The van der Waals surface area contributed by atoms with Crippen molar-refractivity contribution in [2.24, 2.45) is 17.1 Å². The first-order valence-electron chi connectivity index (χ1n) is 7.65. The van der Waals surface area contributed by atoms with Crippen LogP contribution >= 0.6 is 12.2 Å². The lowest BCUT2D eigenvalue weighted by Gasteiger charge is -2.39. The molecule has 2 aliphatic rings. The number of nitrogens with zero attached hydrogens (tertiary/aromatic N) is 1. The standard InChI is InChI=1S/C15H26N2OS/c1-12-6-10-17(11-7-12)14(18)15(13(16)19)8-4-2-3-5-9-15/h12H,2-11H2,1H3,(H2,16,19). The van der Waals surface area contributed by atoms with Gasteiger partial charge in [0, 0.05) is 13.1 Å². The number of rotatable bonds is 2. The Morgan fingerprint density at radius 1 is 1.16 bits per heavy atom.